The average Bonchev–Trinajstić information content (AvgIpc) is 2.51. The molecule has 1 aromatic carbocycles. The maximum absolute atomic E-state index is 6.07. The molecule has 2 N–H and O–H groups in total. The minimum atomic E-state index is 0.248. The summed E-state index contributed by atoms with van der Waals surface area (Å²) < 4.78 is 6.46. The van der Waals surface area contributed by atoms with Gasteiger partial charge >= 0.3 is 0 Å². The van der Waals surface area contributed by atoms with Crippen LogP contribution in [-0.4, -0.2) is 56.2 Å². The van der Waals surface area contributed by atoms with Crippen molar-refractivity contribution in [3.63, 3.8) is 0 Å². The van der Waals surface area contributed by atoms with E-state index in [0.29, 0.717) is 6.54 Å². The highest BCUT2D eigenvalue weighted by Gasteiger charge is 2.25. The van der Waals surface area contributed by atoms with Crippen LogP contribution in [0.1, 0.15) is 24.9 Å². The van der Waals surface area contributed by atoms with Crippen molar-refractivity contribution < 1.29 is 4.74 Å². The quantitative estimate of drug-likeness (QED) is 0.850. The van der Waals surface area contributed by atoms with Gasteiger partial charge in [-0.05, 0) is 36.7 Å². The van der Waals surface area contributed by atoms with E-state index in [1.807, 2.05) is 12.1 Å². The number of ether oxygens (including phenoxy) is 1. The van der Waals surface area contributed by atoms with Gasteiger partial charge in [0.25, 0.3) is 0 Å². The number of methoxy groups -OCH3 is 1. The largest absolute Gasteiger partial charge is 0.497 e. The Bertz CT molecular complexity index is 447. The number of hydrogen-bond acceptors (Lipinski definition) is 4. The van der Waals surface area contributed by atoms with E-state index in [4.69, 9.17) is 10.5 Å². The maximum Gasteiger partial charge on any atom is 0.119 e. The van der Waals surface area contributed by atoms with Gasteiger partial charge in [-0.3, -0.25) is 4.90 Å². The van der Waals surface area contributed by atoms with E-state index in [2.05, 4.69) is 38.7 Å². The lowest BCUT2D eigenvalue weighted by Crippen LogP contribution is -2.49. The zero-order chi connectivity index (χ0) is 15.2. The Balaban J connectivity index is 2.10. The van der Waals surface area contributed by atoms with Gasteiger partial charge in [0.2, 0.25) is 0 Å². The normalized spacial score (nSPS) is 18.7. The van der Waals surface area contributed by atoms with Crippen LogP contribution in [0.4, 0.5) is 0 Å². The second-order valence-corrected chi connectivity index (χ2v) is 6.37. The number of halogens is 1. The Morgan fingerprint density at radius 1 is 1.29 bits per heavy atom. The number of benzene rings is 1. The molecular formula is C16H26BrN3O. The molecule has 1 saturated heterocycles. The van der Waals surface area contributed by atoms with Gasteiger partial charge in [-0.15, -0.1) is 0 Å². The molecule has 4 nitrogen and oxygen atoms in total. The van der Waals surface area contributed by atoms with Crippen molar-refractivity contribution in [1.82, 2.24) is 9.80 Å². The summed E-state index contributed by atoms with van der Waals surface area (Å²) in [6, 6.07) is 6.36. The Morgan fingerprint density at radius 3 is 2.57 bits per heavy atom. The summed E-state index contributed by atoms with van der Waals surface area (Å²) in [5.41, 5.74) is 7.30. The first-order valence-electron chi connectivity index (χ1n) is 7.69. The van der Waals surface area contributed by atoms with Crippen LogP contribution in [0, 0.1) is 0 Å². The molecule has 1 aliphatic heterocycles. The summed E-state index contributed by atoms with van der Waals surface area (Å²) in [6.45, 7) is 8.47. The van der Waals surface area contributed by atoms with Crippen molar-refractivity contribution in [2.75, 3.05) is 46.4 Å². The molecule has 1 atom stereocenters. The molecule has 0 spiro atoms. The van der Waals surface area contributed by atoms with Crippen molar-refractivity contribution in [3.8, 4) is 5.75 Å². The third-order valence-electron chi connectivity index (χ3n) is 4.17. The third kappa shape index (κ3) is 4.19. The zero-order valence-corrected chi connectivity index (χ0v) is 14.6. The van der Waals surface area contributed by atoms with Crippen molar-refractivity contribution in [2.24, 2.45) is 5.73 Å². The average molecular weight is 356 g/mol. The van der Waals surface area contributed by atoms with Crippen LogP contribution in [0.5, 0.6) is 5.75 Å². The molecule has 0 bridgehead atoms. The summed E-state index contributed by atoms with van der Waals surface area (Å²) in [4.78, 5) is 5.02. The van der Waals surface area contributed by atoms with E-state index in [9.17, 15) is 0 Å². The second-order valence-electron chi connectivity index (χ2n) is 5.52. The number of hydrogen-bond donors (Lipinski definition) is 1. The molecule has 0 aliphatic carbocycles. The standard InChI is InChI=1S/C16H26BrN3O/c1-3-6-19-7-9-20(10-8-19)16(12-18)14-11-13(21-2)4-5-15(14)17/h4-5,11,16H,3,6-10,12,18H2,1-2H3. The Hall–Kier alpha value is -0.620. The molecule has 2 rings (SSSR count). The topological polar surface area (TPSA) is 41.7 Å². The van der Waals surface area contributed by atoms with Crippen molar-refractivity contribution in [3.05, 3.63) is 28.2 Å². The van der Waals surface area contributed by atoms with Gasteiger partial charge < -0.3 is 15.4 Å². The van der Waals surface area contributed by atoms with E-state index < -0.39 is 0 Å². The number of nitrogens with zero attached hydrogens (tertiary/aromatic N) is 2. The van der Waals surface area contributed by atoms with Crippen molar-refractivity contribution >= 4 is 15.9 Å². The Labute approximate surface area is 136 Å². The third-order valence-corrected chi connectivity index (χ3v) is 4.90. The molecule has 0 aromatic heterocycles. The maximum atomic E-state index is 6.07. The predicted molar refractivity (Wildman–Crippen MR) is 90.8 cm³/mol. The van der Waals surface area contributed by atoms with Crippen LogP contribution in [0.3, 0.4) is 0 Å². The predicted octanol–water partition coefficient (Wildman–Crippen LogP) is 2.49. The molecular weight excluding hydrogens is 330 g/mol. The highest BCUT2D eigenvalue weighted by atomic mass is 79.9. The summed E-state index contributed by atoms with van der Waals surface area (Å²) in [7, 11) is 1.70. The first-order chi connectivity index (χ1) is 10.2. The molecule has 118 valence electrons. The molecule has 5 heteroatoms. The SMILES string of the molecule is CCCN1CCN(C(CN)c2cc(OC)ccc2Br)CC1. The van der Waals surface area contributed by atoms with E-state index in [1.165, 1.54) is 18.5 Å². The summed E-state index contributed by atoms with van der Waals surface area (Å²) in [6.07, 6.45) is 1.22. The minimum absolute atomic E-state index is 0.248. The summed E-state index contributed by atoms with van der Waals surface area (Å²) >= 11 is 3.66. The number of rotatable bonds is 6. The Morgan fingerprint density at radius 2 is 2.00 bits per heavy atom. The van der Waals surface area contributed by atoms with Gasteiger partial charge in [0, 0.05) is 43.2 Å². The zero-order valence-electron chi connectivity index (χ0n) is 13.0. The smallest absolute Gasteiger partial charge is 0.119 e. The molecule has 1 aliphatic rings. The van der Waals surface area contributed by atoms with E-state index in [0.717, 1.165) is 36.4 Å². The molecule has 1 heterocycles. The van der Waals surface area contributed by atoms with Gasteiger partial charge in [0.1, 0.15) is 5.75 Å². The molecule has 1 fully saturated rings. The fourth-order valence-electron chi connectivity index (χ4n) is 2.99. The molecule has 0 amide bonds. The minimum Gasteiger partial charge on any atom is -0.497 e. The van der Waals surface area contributed by atoms with Crippen LogP contribution in [-0.2, 0) is 0 Å². The van der Waals surface area contributed by atoms with Crippen LogP contribution >= 0.6 is 15.9 Å². The van der Waals surface area contributed by atoms with Gasteiger partial charge in [-0.25, -0.2) is 0 Å². The Kier molecular flexibility index (Phi) is 6.48. The van der Waals surface area contributed by atoms with Crippen LogP contribution < -0.4 is 10.5 Å². The fourth-order valence-corrected chi connectivity index (χ4v) is 3.50. The molecule has 0 saturated carbocycles. The molecule has 21 heavy (non-hydrogen) atoms. The van der Waals surface area contributed by atoms with Gasteiger partial charge in [-0.2, -0.15) is 0 Å². The highest BCUT2D eigenvalue weighted by Crippen LogP contribution is 2.31. The van der Waals surface area contributed by atoms with Gasteiger partial charge in [0.15, 0.2) is 0 Å². The van der Waals surface area contributed by atoms with E-state index >= 15 is 0 Å². The molecule has 0 radical (unpaired) electrons. The van der Waals surface area contributed by atoms with Crippen LogP contribution in [0.15, 0.2) is 22.7 Å². The van der Waals surface area contributed by atoms with Crippen molar-refractivity contribution in [1.29, 1.82) is 0 Å². The first kappa shape index (κ1) is 16.7. The van der Waals surface area contributed by atoms with Gasteiger partial charge in [0.05, 0.1) is 7.11 Å². The first-order valence-corrected chi connectivity index (χ1v) is 8.48. The van der Waals surface area contributed by atoms with Crippen LogP contribution in [0.2, 0.25) is 0 Å². The van der Waals surface area contributed by atoms with E-state index in [1.54, 1.807) is 7.11 Å². The lowest BCUT2D eigenvalue weighted by molar-refractivity contribution is 0.0982. The monoisotopic (exact) mass is 355 g/mol. The lowest BCUT2D eigenvalue weighted by atomic mass is 10.0. The number of nitrogens with two attached hydrogens (primary N) is 1. The lowest BCUT2D eigenvalue weighted by Gasteiger charge is -2.39. The van der Waals surface area contributed by atoms with Crippen molar-refractivity contribution in [2.45, 2.75) is 19.4 Å². The highest BCUT2D eigenvalue weighted by molar-refractivity contribution is 9.10. The fraction of sp³-hybridized carbons (Fsp3) is 0.625. The second kappa shape index (κ2) is 8.13. The van der Waals surface area contributed by atoms with Gasteiger partial charge in [-0.1, -0.05) is 22.9 Å². The molecule has 1 unspecified atom stereocenters. The van der Waals surface area contributed by atoms with Crippen LogP contribution in [0.25, 0.3) is 0 Å². The summed E-state index contributed by atoms with van der Waals surface area (Å²) in [5.74, 6) is 0.885. The number of piperazine rings is 1. The summed E-state index contributed by atoms with van der Waals surface area (Å²) in [5, 5.41) is 0. The van der Waals surface area contributed by atoms with E-state index in [-0.39, 0.29) is 6.04 Å². The molecule has 1 aromatic rings.